The Hall–Kier alpha value is -1.73. The fraction of sp³-hybridized carbons (Fsp3) is 0.375. The molecule has 1 aromatic rings. The van der Waals surface area contributed by atoms with Gasteiger partial charge in [0.05, 0.1) is 9.83 Å². The number of benzene rings is 1. The van der Waals surface area contributed by atoms with E-state index in [1.54, 1.807) is 23.1 Å². The molecule has 0 radical (unpaired) electrons. The number of non-ortho nitro benzene ring substituents is 1. The van der Waals surface area contributed by atoms with Gasteiger partial charge in [-0.15, -0.1) is 0 Å². The summed E-state index contributed by atoms with van der Waals surface area (Å²) in [5, 5.41) is 10.8. The van der Waals surface area contributed by atoms with Crippen molar-refractivity contribution in [3.63, 3.8) is 0 Å². The summed E-state index contributed by atoms with van der Waals surface area (Å²) in [6.45, 7) is 2.78. The van der Waals surface area contributed by atoms with Gasteiger partial charge in [-0.1, -0.05) is 62.3 Å². The number of amides is 1. The van der Waals surface area contributed by atoms with E-state index in [1.165, 1.54) is 23.9 Å². The van der Waals surface area contributed by atoms with Crippen LogP contribution in [0.1, 0.15) is 38.2 Å². The largest absolute Gasteiger partial charge is 0.293 e. The summed E-state index contributed by atoms with van der Waals surface area (Å²) in [4.78, 5) is 24.9. The predicted octanol–water partition coefficient (Wildman–Crippen LogP) is 4.38. The molecule has 1 amide bonds. The highest BCUT2D eigenvalue weighted by Crippen LogP contribution is 2.33. The Labute approximate surface area is 144 Å². The van der Waals surface area contributed by atoms with Gasteiger partial charge in [0, 0.05) is 18.7 Å². The molecule has 0 aliphatic carbocycles. The average molecular weight is 350 g/mol. The van der Waals surface area contributed by atoms with E-state index in [1.807, 2.05) is 0 Å². The number of carbonyl (C=O) groups is 1. The van der Waals surface area contributed by atoms with Crippen LogP contribution in [0.4, 0.5) is 5.69 Å². The number of unbranched alkanes of at least 4 members (excludes halogenated alkanes) is 3. The van der Waals surface area contributed by atoms with Gasteiger partial charge in [0.15, 0.2) is 0 Å². The Bertz CT molecular complexity index is 658. The summed E-state index contributed by atoms with van der Waals surface area (Å²) in [6.07, 6.45) is 5.98. The number of thioether (sulfide) groups is 1. The Balaban J connectivity index is 2.09. The van der Waals surface area contributed by atoms with Crippen molar-refractivity contribution in [1.29, 1.82) is 0 Å². The molecule has 0 N–H and O–H groups in total. The molecule has 122 valence electrons. The van der Waals surface area contributed by atoms with Crippen molar-refractivity contribution in [2.24, 2.45) is 0 Å². The third-order valence-corrected chi connectivity index (χ3v) is 4.87. The van der Waals surface area contributed by atoms with E-state index in [4.69, 9.17) is 12.2 Å². The van der Waals surface area contributed by atoms with Crippen molar-refractivity contribution < 1.29 is 9.72 Å². The van der Waals surface area contributed by atoms with E-state index >= 15 is 0 Å². The number of hydrogen-bond acceptors (Lipinski definition) is 5. The van der Waals surface area contributed by atoms with Crippen LogP contribution in [0.5, 0.6) is 0 Å². The van der Waals surface area contributed by atoms with Crippen LogP contribution in [0.15, 0.2) is 29.2 Å². The van der Waals surface area contributed by atoms with E-state index in [9.17, 15) is 14.9 Å². The SMILES string of the molecule is CCCCCCN1C(=O)/C(=C/c2cccc([N+](=O)[O-])c2)SC1=S. The molecule has 1 aromatic carbocycles. The average Bonchev–Trinajstić information content (AvgIpc) is 2.79. The minimum atomic E-state index is -0.448. The van der Waals surface area contributed by atoms with E-state index in [0.29, 0.717) is 21.3 Å². The standard InChI is InChI=1S/C16H18N2O3S2/c1-2-3-4-5-9-17-15(19)14(23-16(17)22)11-12-7-6-8-13(10-12)18(20)21/h6-8,10-11H,2-5,9H2,1H3/b14-11-. The van der Waals surface area contributed by atoms with Gasteiger partial charge in [-0.2, -0.15) is 0 Å². The fourth-order valence-electron chi connectivity index (χ4n) is 2.27. The smallest absolute Gasteiger partial charge is 0.270 e. The van der Waals surface area contributed by atoms with E-state index in [2.05, 4.69) is 6.92 Å². The highest BCUT2D eigenvalue weighted by Gasteiger charge is 2.31. The number of hydrogen-bond donors (Lipinski definition) is 0. The molecule has 0 atom stereocenters. The summed E-state index contributed by atoms with van der Waals surface area (Å²) in [7, 11) is 0. The van der Waals surface area contributed by atoms with Crippen LogP contribution in [0, 0.1) is 10.1 Å². The highest BCUT2D eigenvalue weighted by atomic mass is 32.2. The van der Waals surface area contributed by atoms with Crippen molar-refractivity contribution in [3.8, 4) is 0 Å². The molecule has 7 heteroatoms. The maximum absolute atomic E-state index is 12.4. The summed E-state index contributed by atoms with van der Waals surface area (Å²) >= 11 is 6.53. The maximum atomic E-state index is 12.4. The normalized spacial score (nSPS) is 16.4. The molecule has 0 bridgehead atoms. The topological polar surface area (TPSA) is 63.5 Å². The first-order valence-corrected chi connectivity index (χ1v) is 8.75. The second kappa shape index (κ2) is 8.21. The lowest BCUT2D eigenvalue weighted by molar-refractivity contribution is -0.384. The zero-order valence-electron chi connectivity index (χ0n) is 12.9. The maximum Gasteiger partial charge on any atom is 0.270 e. The summed E-state index contributed by atoms with van der Waals surface area (Å²) in [5.41, 5.74) is 0.638. The molecule has 1 aliphatic heterocycles. The lowest BCUT2D eigenvalue weighted by Crippen LogP contribution is -2.28. The molecule has 23 heavy (non-hydrogen) atoms. The minimum absolute atomic E-state index is 0.00814. The zero-order chi connectivity index (χ0) is 16.8. The molecule has 0 unspecified atom stereocenters. The predicted molar refractivity (Wildman–Crippen MR) is 97.1 cm³/mol. The van der Waals surface area contributed by atoms with Crippen LogP contribution in [0.3, 0.4) is 0 Å². The molecule has 1 saturated heterocycles. The van der Waals surface area contributed by atoms with Crippen LogP contribution in [0.25, 0.3) is 6.08 Å². The van der Waals surface area contributed by atoms with Crippen LogP contribution in [0.2, 0.25) is 0 Å². The monoisotopic (exact) mass is 350 g/mol. The lowest BCUT2D eigenvalue weighted by atomic mass is 10.2. The second-order valence-electron chi connectivity index (χ2n) is 5.25. The van der Waals surface area contributed by atoms with Gasteiger partial charge in [0.2, 0.25) is 0 Å². The summed E-state index contributed by atoms with van der Waals surface area (Å²) in [6, 6.07) is 6.22. The number of rotatable bonds is 7. The molecule has 1 heterocycles. The molecule has 0 spiro atoms. The van der Waals surface area contributed by atoms with Crippen molar-refractivity contribution >= 4 is 46.0 Å². The van der Waals surface area contributed by atoms with E-state index < -0.39 is 4.92 Å². The first-order valence-electron chi connectivity index (χ1n) is 7.52. The number of nitrogens with zero attached hydrogens (tertiary/aromatic N) is 2. The van der Waals surface area contributed by atoms with Gasteiger partial charge in [-0.3, -0.25) is 19.8 Å². The van der Waals surface area contributed by atoms with Gasteiger partial charge >= 0.3 is 0 Å². The van der Waals surface area contributed by atoms with Crippen molar-refractivity contribution in [2.45, 2.75) is 32.6 Å². The Morgan fingerprint density at radius 3 is 2.83 bits per heavy atom. The molecule has 0 aromatic heterocycles. The molecular formula is C16H18N2O3S2. The number of carbonyl (C=O) groups excluding carboxylic acids is 1. The van der Waals surface area contributed by atoms with Crippen LogP contribution < -0.4 is 0 Å². The number of thiocarbonyl (C=S) groups is 1. The number of nitro benzene ring substituents is 1. The van der Waals surface area contributed by atoms with E-state index in [0.717, 1.165) is 25.7 Å². The van der Waals surface area contributed by atoms with Gasteiger partial charge in [-0.05, 0) is 18.1 Å². The molecule has 5 nitrogen and oxygen atoms in total. The van der Waals surface area contributed by atoms with Crippen LogP contribution >= 0.6 is 24.0 Å². The highest BCUT2D eigenvalue weighted by molar-refractivity contribution is 8.26. The quantitative estimate of drug-likeness (QED) is 0.240. The minimum Gasteiger partial charge on any atom is -0.293 e. The van der Waals surface area contributed by atoms with Gasteiger partial charge in [-0.25, -0.2) is 0 Å². The Morgan fingerprint density at radius 1 is 1.35 bits per heavy atom. The third-order valence-electron chi connectivity index (χ3n) is 3.49. The van der Waals surface area contributed by atoms with Crippen molar-refractivity contribution in [3.05, 3.63) is 44.8 Å². The molecule has 2 rings (SSSR count). The number of nitro groups is 1. The van der Waals surface area contributed by atoms with Crippen LogP contribution in [-0.4, -0.2) is 26.6 Å². The first-order chi connectivity index (χ1) is 11.0. The first kappa shape index (κ1) is 17.6. The molecule has 0 saturated carbocycles. The Kier molecular flexibility index (Phi) is 6.29. The molecular weight excluding hydrogens is 332 g/mol. The second-order valence-corrected chi connectivity index (χ2v) is 6.92. The summed E-state index contributed by atoms with van der Waals surface area (Å²) < 4.78 is 0.558. The zero-order valence-corrected chi connectivity index (χ0v) is 14.5. The van der Waals surface area contributed by atoms with Crippen LogP contribution in [-0.2, 0) is 4.79 Å². The lowest BCUT2D eigenvalue weighted by Gasteiger charge is -2.13. The third kappa shape index (κ3) is 4.62. The van der Waals surface area contributed by atoms with Gasteiger partial charge in [0.25, 0.3) is 11.6 Å². The fourth-order valence-corrected chi connectivity index (χ4v) is 3.58. The van der Waals surface area contributed by atoms with Crippen molar-refractivity contribution in [1.82, 2.24) is 4.90 Å². The molecule has 1 aliphatic rings. The van der Waals surface area contributed by atoms with E-state index in [-0.39, 0.29) is 11.6 Å². The Morgan fingerprint density at radius 2 is 2.13 bits per heavy atom. The van der Waals surface area contributed by atoms with Gasteiger partial charge in [0.1, 0.15) is 4.32 Å². The van der Waals surface area contributed by atoms with Gasteiger partial charge < -0.3 is 0 Å². The molecule has 1 fully saturated rings. The van der Waals surface area contributed by atoms with Crippen molar-refractivity contribution in [2.75, 3.05) is 6.54 Å². The summed E-state index contributed by atoms with van der Waals surface area (Å²) in [5.74, 6) is -0.108.